The summed E-state index contributed by atoms with van der Waals surface area (Å²) in [4.78, 5) is 10.5. The summed E-state index contributed by atoms with van der Waals surface area (Å²) in [5, 5.41) is 0. The summed E-state index contributed by atoms with van der Waals surface area (Å²) in [6, 6.07) is 8.13. The van der Waals surface area contributed by atoms with Gasteiger partial charge in [-0.3, -0.25) is 4.90 Å². The van der Waals surface area contributed by atoms with Gasteiger partial charge >= 0.3 is 0 Å². The van der Waals surface area contributed by atoms with Crippen molar-refractivity contribution in [1.82, 2.24) is 14.9 Å². The highest BCUT2D eigenvalue weighted by atomic mass is 16.5. The predicted molar refractivity (Wildman–Crippen MR) is 88.3 cm³/mol. The van der Waals surface area contributed by atoms with E-state index in [4.69, 9.17) is 9.47 Å². The second-order valence-corrected chi connectivity index (χ2v) is 6.20. The van der Waals surface area contributed by atoms with E-state index in [0.29, 0.717) is 6.61 Å². The Labute approximate surface area is 137 Å². The molecule has 0 N–H and O–H groups in total. The second-order valence-electron chi connectivity index (χ2n) is 6.20. The lowest BCUT2D eigenvalue weighted by Gasteiger charge is -2.28. The van der Waals surface area contributed by atoms with Crippen molar-refractivity contribution < 1.29 is 9.47 Å². The topological polar surface area (TPSA) is 47.5 Å². The third kappa shape index (κ3) is 4.06. The lowest BCUT2D eigenvalue weighted by atomic mass is 10.0. The van der Waals surface area contributed by atoms with Crippen LogP contribution < -0.4 is 4.74 Å². The molecule has 1 fully saturated rings. The van der Waals surface area contributed by atoms with Crippen molar-refractivity contribution in [2.24, 2.45) is 0 Å². The summed E-state index contributed by atoms with van der Waals surface area (Å²) in [5.41, 5.74) is 2.11. The third-order valence-corrected chi connectivity index (χ3v) is 4.37. The van der Waals surface area contributed by atoms with Gasteiger partial charge in [-0.25, -0.2) is 9.97 Å². The number of hydrogen-bond acceptors (Lipinski definition) is 5. The molecule has 3 rings (SSSR count). The van der Waals surface area contributed by atoms with E-state index >= 15 is 0 Å². The lowest BCUT2D eigenvalue weighted by molar-refractivity contribution is -0.0359. The van der Waals surface area contributed by atoms with Gasteiger partial charge in [-0.15, -0.1) is 0 Å². The van der Waals surface area contributed by atoms with Crippen molar-refractivity contribution >= 4 is 0 Å². The Bertz CT molecular complexity index is 618. The molecule has 1 aromatic carbocycles. The molecule has 0 saturated carbocycles. The Kier molecular flexibility index (Phi) is 4.88. The van der Waals surface area contributed by atoms with Gasteiger partial charge in [0.25, 0.3) is 0 Å². The van der Waals surface area contributed by atoms with E-state index in [1.54, 1.807) is 13.4 Å². The zero-order valence-electron chi connectivity index (χ0n) is 13.7. The fraction of sp³-hybridized carbons (Fsp3) is 0.444. The van der Waals surface area contributed by atoms with Crippen molar-refractivity contribution in [2.75, 3.05) is 26.8 Å². The minimum atomic E-state index is -0.249. The monoisotopic (exact) mass is 313 g/mol. The highest BCUT2D eigenvalue weighted by molar-refractivity contribution is 5.26. The molecular formula is C18H23N3O2. The fourth-order valence-corrected chi connectivity index (χ4v) is 2.92. The molecule has 23 heavy (non-hydrogen) atoms. The molecule has 2 aromatic rings. The molecule has 0 unspecified atom stereocenters. The van der Waals surface area contributed by atoms with Gasteiger partial charge in [0.05, 0.1) is 0 Å². The second kappa shape index (κ2) is 7.06. The largest absolute Gasteiger partial charge is 0.491 e. The zero-order chi connectivity index (χ0) is 16.1. The minimum Gasteiger partial charge on any atom is -0.491 e. The average Bonchev–Trinajstić information content (AvgIpc) is 2.99. The number of aromatic nitrogens is 2. The summed E-state index contributed by atoms with van der Waals surface area (Å²) in [7, 11) is 1.77. The molecule has 2 heterocycles. The quantitative estimate of drug-likeness (QED) is 0.820. The van der Waals surface area contributed by atoms with E-state index in [2.05, 4.69) is 33.9 Å². The summed E-state index contributed by atoms with van der Waals surface area (Å²) < 4.78 is 11.8. The Morgan fingerprint density at radius 3 is 2.61 bits per heavy atom. The standard InChI is InChI=1S/C18H23N3O2/c1-15-3-5-17(6-4-15)23-13-18(22-2)7-8-21(12-18)11-16-9-19-14-20-10-16/h3-6,9-10,14H,7-8,11-13H2,1-2H3/t18-/m0/s1. The SMILES string of the molecule is CO[C@@]1(COc2ccc(C)cc2)CCN(Cc2cncnc2)C1. The van der Waals surface area contributed by atoms with Crippen LogP contribution in [-0.2, 0) is 11.3 Å². The highest BCUT2D eigenvalue weighted by Crippen LogP contribution is 2.27. The predicted octanol–water partition coefficient (Wildman–Crippen LogP) is 2.45. The van der Waals surface area contributed by atoms with Crippen molar-refractivity contribution in [1.29, 1.82) is 0 Å². The first-order chi connectivity index (χ1) is 11.2. The van der Waals surface area contributed by atoms with Gasteiger partial charge in [0.1, 0.15) is 24.3 Å². The van der Waals surface area contributed by atoms with Gasteiger partial charge in [-0.2, -0.15) is 0 Å². The van der Waals surface area contributed by atoms with E-state index in [9.17, 15) is 0 Å². The van der Waals surface area contributed by atoms with E-state index in [1.807, 2.05) is 24.5 Å². The molecule has 1 atom stereocenters. The van der Waals surface area contributed by atoms with E-state index in [-0.39, 0.29) is 5.60 Å². The van der Waals surface area contributed by atoms with Crippen molar-refractivity contribution in [3.05, 3.63) is 54.1 Å². The molecule has 5 nitrogen and oxygen atoms in total. The number of nitrogens with zero attached hydrogens (tertiary/aromatic N) is 3. The van der Waals surface area contributed by atoms with Crippen LogP contribution in [0.1, 0.15) is 17.5 Å². The van der Waals surface area contributed by atoms with Gasteiger partial charge in [0.2, 0.25) is 0 Å². The van der Waals surface area contributed by atoms with Crippen LogP contribution in [0.3, 0.4) is 0 Å². The molecule has 1 saturated heterocycles. The van der Waals surface area contributed by atoms with E-state index in [1.165, 1.54) is 5.56 Å². The fourth-order valence-electron chi connectivity index (χ4n) is 2.92. The number of benzene rings is 1. The molecule has 122 valence electrons. The minimum absolute atomic E-state index is 0.249. The maximum absolute atomic E-state index is 5.96. The molecule has 0 amide bonds. The highest BCUT2D eigenvalue weighted by Gasteiger charge is 2.39. The molecule has 1 aromatic heterocycles. The van der Waals surface area contributed by atoms with Crippen LogP contribution in [0.2, 0.25) is 0 Å². The van der Waals surface area contributed by atoms with Crippen LogP contribution in [-0.4, -0.2) is 47.3 Å². The summed E-state index contributed by atoms with van der Waals surface area (Å²) in [5.74, 6) is 0.891. The molecule has 5 heteroatoms. The van der Waals surface area contributed by atoms with Crippen LogP contribution in [0.4, 0.5) is 0 Å². The first-order valence-corrected chi connectivity index (χ1v) is 7.90. The van der Waals surface area contributed by atoms with Gasteiger partial charge in [0, 0.05) is 44.7 Å². The maximum atomic E-state index is 5.96. The zero-order valence-corrected chi connectivity index (χ0v) is 13.7. The van der Waals surface area contributed by atoms with E-state index < -0.39 is 0 Å². The molecule has 1 aliphatic rings. The van der Waals surface area contributed by atoms with Crippen LogP contribution in [0.25, 0.3) is 0 Å². The molecule has 1 aliphatic heterocycles. The van der Waals surface area contributed by atoms with Crippen molar-refractivity contribution in [3.8, 4) is 5.75 Å². The first-order valence-electron chi connectivity index (χ1n) is 7.90. The molecule has 0 aliphatic carbocycles. The van der Waals surface area contributed by atoms with Crippen molar-refractivity contribution in [3.63, 3.8) is 0 Å². The summed E-state index contributed by atoms with van der Waals surface area (Å²) in [6.45, 7) is 5.32. The van der Waals surface area contributed by atoms with E-state index in [0.717, 1.165) is 37.4 Å². The Morgan fingerprint density at radius 2 is 1.91 bits per heavy atom. The smallest absolute Gasteiger partial charge is 0.119 e. The third-order valence-electron chi connectivity index (χ3n) is 4.37. The summed E-state index contributed by atoms with van der Waals surface area (Å²) in [6.07, 6.45) is 6.25. The number of aryl methyl sites for hydroxylation is 1. The number of ether oxygens (including phenoxy) is 2. The number of methoxy groups -OCH3 is 1. The Hall–Kier alpha value is -1.98. The Balaban J connectivity index is 1.57. The van der Waals surface area contributed by atoms with Gasteiger partial charge in [-0.1, -0.05) is 17.7 Å². The maximum Gasteiger partial charge on any atom is 0.119 e. The van der Waals surface area contributed by atoms with Gasteiger partial charge in [-0.05, 0) is 25.5 Å². The summed E-state index contributed by atoms with van der Waals surface area (Å²) >= 11 is 0. The molecule has 0 bridgehead atoms. The Morgan fingerprint density at radius 1 is 1.17 bits per heavy atom. The van der Waals surface area contributed by atoms with Crippen LogP contribution in [0, 0.1) is 6.92 Å². The normalized spacial score (nSPS) is 21.5. The first kappa shape index (κ1) is 15.9. The molecule has 0 radical (unpaired) electrons. The number of rotatable bonds is 6. The molecular weight excluding hydrogens is 290 g/mol. The van der Waals surface area contributed by atoms with Crippen LogP contribution in [0.15, 0.2) is 43.0 Å². The van der Waals surface area contributed by atoms with Crippen LogP contribution >= 0.6 is 0 Å². The molecule has 0 spiro atoms. The average molecular weight is 313 g/mol. The van der Waals surface area contributed by atoms with Gasteiger partial charge < -0.3 is 9.47 Å². The van der Waals surface area contributed by atoms with Crippen LogP contribution in [0.5, 0.6) is 5.75 Å². The lowest BCUT2D eigenvalue weighted by Crippen LogP contribution is -2.41. The number of hydrogen-bond donors (Lipinski definition) is 0. The number of likely N-dealkylation sites (tertiary alicyclic amines) is 1. The van der Waals surface area contributed by atoms with Gasteiger partial charge in [0.15, 0.2) is 0 Å². The van der Waals surface area contributed by atoms with Crippen molar-refractivity contribution in [2.45, 2.75) is 25.5 Å².